The summed E-state index contributed by atoms with van der Waals surface area (Å²) >= 11 is 7.37. The first-order valence-corrected chi connectivity index (χ1v) is 10.9. The molecule has 0 saturated heterocycles. The van der Waals surface area contributed by atoms with Crippen molar-refractivity contribution in [3.63, 3.8) is 0 Å². The van der Waals surface area contributed by atoms with Gasteiger partial charge in [-0.2, -0.15) is 0 Å². The Morgan fingerprint density at radius 1 is 1.00 bits per heavy atom. The quantitative estimate of drug-likeness (QED) is 0.349. The monoisotopic (exact) mass is 436 g/mol. The molecule has 0 radical (unpaired) electrons. The van der Waals surface area contributed by atoms with Crippen molar-refractivity contribution in [2.45, 2.75) is 25.7 Å². The minimum atomic E-state index is -0.0704. The summed E-state index contributed by atoms with van der Waals surface area (Å²) in [5.74, 6) is 0.785. The molecule has 0 atom stereocenters. The molecular weight excluding hydrogens is 416 g/mol. The van der Waals surface area contributed by atoms with Gasteiger partial charge in [0.15, 0.2) is 5.58 Å². The third-order valence-electron chi connectivity index (χ3n) is 4.95. The Balaban J connectivity index is 1.51. The number of hydrogen-bond acceptors (Lipinski definition) is 4. The van der Waals surface area contributed by atoms with Crippen molar-refractivity contribution in [2.75, 3.05) is 11.1 Å². The van der Waals surface area contributed by atoms with Crippen LogP contribution in [0.25, 0.3) is 22.6 Å². The first-order chi connectivity index (χ1) is 14.4. The topological polar surface area (TPSA) is 55.1 Å². The molecule has 0 spiro atoms. The van der Waals surface area contributed by atoms with E-state index in [0.29, 0.717) is 16.7 Å². The van der Waals surface area contributed by atoms with Gasteiger partial charge in [-0.1, -0.05) is 17.7 Å². The number of carbonyl (C=O) groups excluding carboxylic acids is 1. The average molecular weight is 437 g/mol. The Morgan fingerprint density at radius 2 is 1.73 bits per heavy atom. The van der Waals surface area contributed by atoms with Crippen molar-refractivity contribution in [2.24, 2.45) is 0 Å². The summed E-state index contributed by atoms with van der Waals surface area (Å²) in [4.78, 5) is 18.1. The second-order valence-corrected chi connectivity index (χ2v) is 8.73. The van der Waals surface area contributed by atoms with Gasteiger partial charge in [-0.15, -0.1) is 11.8 Å². The molecule has 0 bridgehead atoms. The van der Waals surface area contributed by atoms with E-state index in [0.717, 1.165) is 32.8 Å². The lowest BCUT2D eigenvalue weighted by molar-refractivity contribution is -0.113. The molecular formula is C24H21ClN2O2S. The standard InChI is InChI=1S/C24H21ClN2O2S/c1-14-4-5-17(24-27-21-10-15(2)16(3)11-22(21)29-24)12-20(14)26-23(28)13-30-19-8-6-18(25)7-9-19/h4-12H,13H2,1-3H3,(H,26,28). The van der Waals surface area contributed by atoms with Crippen molar-refractivity contribution in [1.29, 1.82) is 0 Å². The van der Waals surface area contributed by atoms with Gasteiger partial charge in [0.1, 0.15) is 5.52 Å². The van der Waals surface area contributed by atoms with E-state index in [1.54, 1.807) is 0 Å². The third kappa shape index (κ3) is 4.53. The number of amides is 1. The van der Waals surface area contributed by atoms with E-state index in [1.165, 1.54) is 22.9 Å². The number of anilines is 1. The van der Waals surface area contributed by atoms with Crippen molar-refractivity contribution < 1.29 is 9.21 Å². The van der Waals surface area contributed by atoms with Crippen LogP contribution in [0, 0.1) is 20.8 Å². The lowest BCUT2D eigenvalue weighted by Gasteiger charge is -2.09. The van der Waals surface area contributed by atoms with E-state index in [1.807, 2.05) is 61.5 Å². The van der Waals surface area contributed by atoms with Crippen LogP contribution >= 0.6 is 23.4 Å². The Hall–Kier alpha value is -2.76. The van der Waals surface area contributed by atoms with Gasteiger partial charge in [0, 0.05) is 21.2 Å². The summed E-state index contributed by atoms with van der Waals surface area (Å²) in [6.45, 7) is 6.08. The molecule has 3 aromatic carbocycles. The maximum Gasteiger partial charge on any atom is 0.234 e. The molecule has 0 aliphatic heterocycles. The van der Waals surface area contributed by atoms with Crippen molar-refractivity contribution in [3.8, 4) is 11.5 Å². The molecule has 0 fully saturated rings. The predicted octanol–water partition coefficient (Wildman–Crippen LogP) is 6.80. The lowest BCUT2D eigenvalue weighted by Crippen LogP contribution is -2.14. The smallest absolute Gasteiger partial charge is 0.234 e. The van der Waals surface area contributed by atoms with Gasteiger partial charge < -0.3 is 9.73 Å². The molecule has 152 valence electrons. The number of nitrogens with one attached hydrogen (secondary N) is 1. The summed E-state index contributed by atoms with van der Waals surface area (Å²) in [5, 5.41) is 3.68. The van der Waals surface area contributed by atoms with Crippen molar-refractivity contribution >= 4 is 46.1 Å². The number of nitrogens with zero attached hydrogens (tertiary/aromatic N) is 1. The Labute approximate surface area is 184 Å². The fraction of sp³-hybridized carbons (Fsp3) is 0.167. The van der Waals surface area contributed by atoms with Crippen molar-refractivity contribution in [3.05, 3.63) is 76.3 Å². The molecule has 4 rings (SSSR count). The van der Waals surface area contributed by atoms with Gasteiger partial charge in [-0.05, 0) is 86.0 Å². The summed E-state index contributed by atoms with van der Waals surface area (Å²) < 4.78 is 5.97. The van der Waals surface area contributed by atoms with E-state index in [4.69, 9.17) is 16.0 Å². The summed E-state index contributed by atoms with van der Waals surface area (Å²) in [7, 11) is 0. The molecule has 0 saturated carbocycles. The number of halogens is 1. The molecule has 0 aliphatic rings. The summed E-state index contributed by atoms with van der Waals surface area (Å²) in [6, 6.07) is 17.3. The first kappa shape index (κ1) is 20.5. The molecule has 0 unspecified atom stereocenters. The third-order valence-corrected chi connectivity index (χ3v) is 6.21. The molecule has 1 heterocycles. The summed E-state index contributed by atoms with van der Waals surface area (Å²) in [6.07, 6.45) is 0. The second kappa shape index (κ2) is 8.54. The van der Waals surface area contributed by atoms with Gasteiger partial charge in [-0.25, -0.2) is 4.98 Å². The number of oxazole rings is 1. The minimum absolute atomic E-state index is 0.0704. The molecule has 0 aliphatic carbocycles. The average Bonchev–Trinajstić information content (AvgIpc) is 3.12. The highest BCUT2D eigenvalue weighted by Crippen LogP contribution is 2.29. The zero-order valence-corrected chi connectivity index (χ0v) is 18.5. The van der Waals surface area contributed by atoms with E-state index < -0.39 is 0 Å². The number of carbonyl (C=O) groups is 1. The van der Waals surface area contributed by atoms with Gasteiger partial charge in [0.05, 0.1) is 5.75 Å². The zero-order valence-electron chi connectivity index (χ0n) is 17.0. The molecule has 30 heavy (non-hydrogen) atoms. The van der Waals surface area contributed by atoms with E-state index in [9.17, 15) is 4.79 Å². The number of aryl methyl sites for hydroxylation is 3. The van der Waals surface area contributed by atoms with Crippen LogP contribution in [0.5, 0.6) is 0 Å². The molecule has 6 heteroatoms. The van der Waals surface area contributed by atoms with Crippen LogP contribution in [0.2, 0.25) is 5.02 Å². The fourth-order valence-corrected chi connectivity index (χ4v) is 3.88. The number of hydrogen-bond donors (Lipinski definition) is 1. The largest absolute Gasteiger partial charge is 0.436 e. The molecule has 4 aromatic rings. The van der Waals surface area contributed by atoms with E-state index in [-0.39, 0.29) is 5.91 Å². The van der Waals surface area contributed by atoms with Gasteiger partial charge in [-0.3, -0.25) is 4.79 Å². The van der Waals surface area contributed by atoms with Crippen LogP contribution in [0.1, 0.15) is 16.7 Å². The van der Waals surface area contributed by atoms with Crippen LogP contribution in [-0.4, -0.2) is 16.6 Å². The van der Waals surface area contributed by atoms with Gasteiger partial charge in [0.2, 0.25) is 11.8 Å². The lowest BCUT2D eigenvalue weighted by atomic mass is 10.1. The van der Waals surface area contributed by atoms with Crippen LogP contribution in [-0.2, 0) is 4.79 Å². The number of rotatable bonds is 5. The maximum absolute atomic E-state index is 12.5. The number of aromatic nitrogens is 1. The highest BCUT2D eigenvalue weighted by atomic mass is 35.5. The van der Waals surface area contributed by atoms with Crippen LogP contribution < -0.4 is 5.32 Å². The minimum Gasteiger partial charge on any atom is -0.436 e. The number of fused-ring (bicyclic) bond motifs is 1. The van der Waals surface area contributed by atoms with Crippen LogP contribution in [0.15, 0.2) is 63.9 Å². The summed E-state index contributed by atoms with van der Waals surface area (Å²) in [5.41, 5.74) is 6.50. The highest BCUT2D eigenvalue weighted by molar-refractivity contribution is 8.00. The first-order valence-electron chi connectivity index (χ1n) is 9.56. The Bertz CT molecular complexity index is 1190. The Kier molecular flexibility index (Phi) is 5.84. The van der Waals surface area contributed by atoms with Crippen LogP contribution in [0.4, 0.5) is 5.69 Å². The molecule has 1 N–H and O–H groups in total. The van der Waals surface area contributed by atoms with Crippen molar-refractivity contribution in [1.82, 2.24) is 4.98 Å². The van der Waals surface area contributed by atoms with Gasteiger partial charge >= 0.3 is 0 Å². The zero-order chi connectivity index (χ0) is 21.3. The van der Waals surface area contributed by atoms with Gasteiger partial charge in [0.25, 0.3) is 0 Å². The maximum atomic E-state index is 12.5. The Morgan fingerprint density at radius 3 is 2.50 bits per heavy atom. The second-order valence-electron chi connectivity index (χ2n) is 7.24. The highest BCUT2D eigenvalue weighted by Gasteiger charge is 2.13. The molecule has 1 aromatic heterocycles. The number of benzene rings is 3. The SMILES string of the molecule is Cc1cc2nc(-c3ccc(C)c(NC(=O)CSc4ccc(Cl)cc4)c3)oc2cc1C. The number of thioether (sulfide) groups is 1. The predicted molar refractivity (Wildman–Crippen MR) is 124 cm³/mol. The normalized spacial score (nSPS) is 11.1. The van der Waals surface area contributed by atoms with E-state index in [2.05, 4.69) is 24.1 Å². The van der Waals surface area contributed by atoms with E-state index >= 15 is 0 Å². The fourth-order valence-electron chi connectivity index (χ4n) is 3.06. The van der Waals surface area contributed by atoms with Crippen LogP contribution in [0.3, 0.4) is 0 Å². The molecule has 1 amide bonds. The molecule has 4 nitrogen and oxygen atoms in total.